The molecular weight excluding hydrogens is 128 g/mol. The van der Waals surface area contributed by atoms with Crippen LogP contribution in [0.25, 0.3) is 0 Å². The van der Waals surface area contributed by atoms with Crippen LogP contribution in [-0.4, -0.2) is 14.7 Å². The minimum absolute atomic E-state index is 0.0356. The molecule has 0 saturated carbocycles. The maximum absolute atomic E-state index is 8.70. The van der Waals surface area contributed by atoms with Gasteiger partial charge in [-0.05, 0) is 0 Å². The van der Waals surface area contributed by atoms with Crippen LogP contribution in [0.15, 0.2) is 6.20 Å². The van der Waals surface area contributed by atoms with E-state index in [1.807, 2.05) is 24.7 Å². The molecule has 0 radical (unpaired) electrons. The van der Waals surface area contributed by atoms with Crippen LogP contribution < -0.4 is 0 Å². The van der Waals surface area contributed by atoms with Gasteiger partial charge in [-0.1, -0.05) is 6.92 Å². The molecule has 1 heterocycles. The molecule has 0 spiro atoms. The Morgan fingerprint density at radius 3 is 2.70 bits per heavy atom. The second-order valence-electron chi connectivity index (χ2n) is 2.27. The van der Waals surface area contributed by atoms with Gasteiger partial charge in [0.2, 0.25) is 0 Å². The summed E-state index contributed by atoms with van der Waals surface area (Å²) >= 11 is 0. The van der Waals surface area contributed by atoms with E-state index in [9.17, 15) is 0 Å². The molecule has 0 saturated heterocycles. The summed E-state index contributed by atoms with van der Waals surface area (Å²) in [7, 11) is 1.94. The molecule has 0 aliphatic rings. The number of imidazole rings is 1. The van der Waals surface area contributed by atoms with Crippen LogP contribution in [0.3, 0.4) is 0 Å². The van der Waals surface area contributed by atoms with Gasteiger partial charge in [0.05, 0.1) is 12.3 Å². The Morgan fingerprint density at radius 1 is 1.70 bits per heavy atom. The Balaban J connectivity index is 2.92. The predicted molar refractivity (Wildman–Crippen MR) is 38.5 cm³/mol. The number of aromatic nitrogens is 2. The van der Waals surface area contributed by atoms with Crippen molar-refractivity contribution >= 4 is 0 Å². The molecule has 1 rings (SSSR count). The fourth-order valence-electron chi connectivity index (χ4n) is 0.976. The van der Waals surface area contributed by atoms with E-state index >= 15 is 0 Å². The zero-order valence-corrected chi connectivity index (χ0v) is 6.33. The summed E-state index contributed by atoms with van der Waals surface area (Å²) in [6.45, 7) is 2.08. The molecule has 0 fully saturated rings. The lowest BCUT2D eigenvalue weighted by molar-refractivity contribution is 0.277. The van der Waals surface area contributed by atoms with E-state index in [-0.39, 0.29) is 6.61 Å². The normalized spacial score (nSPS) is 10.3. The number of hydrogen-bond donors (Lipinski definition) is 1. The minimum Gasteiger partial charge on any atom is -0.390 e. The average molecular weight is 140 g/mol. The van der Waals surface area contributed by atoms with Crippen molar-refractivity contribution in [2.75, 3.05) is 0 Å². The third-order valence-corrected chi connectivity index (χ3v) is 1.50. The first-order valence-electron chi connectivity index (χ1n) is 3.40. The summed E-state index contributed by atoms with van der Waals surface area (Å²) in [6, 6.07) is 0. The van der Waals surface area contributed by atoms with E-state index in [1.54, 1.807) is 0 Å². The van der Waals surface area contributed by atoms with E-state index < -0.39 is 0 Å². The van der Waals surface area contributed by atoms with Crippen molar-refractivity contribution in [1.82, 2.24) is 9.55 Å². The largest absolute Gasteiger partial charge is 0.390 e. The summed E-state index contributed by atoms with van der Waals surface area (Å²) in [5, 5.41) is 8.70. The second-order valence-corrected chi connectivity index (χ2v) is 2.27. The van der Waals surface area contributed by atoms with Gasteiger partial charge in [0.25, 0.3) is 0 Å². The Morgan fingerprint density at radius 2 is 2.40 bits per heavy atom. The van der Waals surface area contributed by atoms with Crippen molar-refractivity contribution < 1.29 is 5.11 Å². The lowest BCUT2D eigenvalue weighted by Gasteiger charge is -1.92. The SMILES string of the molecule is CCc1nc(CO)cn1C. The Bertz CT molecular complexity index is 217. The molecule has 0 amide bonds. The van der Waals surface area contributed by atoms with Crippen LogP contribution in [-0.2, 0) is 20.1 Å². The highest BCUT2D eigenvalue weighted by Gasteiger charge is 1.99. The molecule has 1 aromatic heterocycles. The first kappa shape index (κ1) is 7.28. The van der Waals surface area contributed by atoms with Crippen LogP contribution in [0.2, 0.25) is 0 Å². The van der Waals surface area contributed by atoms with E-state index in [0.717, 1.165) is 17.9 Å². The molecule has 0 atom stereocenters. The van der Waals surface area contributed by atoms with E-state index in [1.165, 1.54) is 0 Å². The van der Waals surface area contributed by atoms with Crippen molar-refractivity contribution in [2.24, 2.45) is 7.05 Å². The van der Waals surface area contributed by atoms with Gasteiger partial charge in [-0.3, -0.25) is 0 Å². The zero-order valence-electron chi connectivity index (χ0n) is 6.33. The standard InChI is InChI=1S/C7H12N2O/c1-3-7-8-6(5-10)4-9(7)2/h4,10H,3,5H2,1-2H3. The molecule has 10 heavy (non-hydrogen) atoms. The van der Waals surface area contributed by atoms with Crippen LogP contribution in [0.4, 0.5) is 0 Å². The number of hydrogen-bond acceptors (Lipinski definition) is 2. The lowest BCUT2D eigenvalue weighted by Crippen LogP contribution is -1.93. The predicted octanol–water partition coefficient (Wildman–Crippen LogP) is 0.475. The molecular formula is C7H12N2O. The van der Waals surface area contributed by atoms with Gasteiger partial charge in [-0.2, -0.15) is 0 Å². The van der Waals surface area contributed by atoms with Gasteiger partial charge in [0.1, 0.15) is 5.82 Å². The first-order chi connectivity index (χ1) is 4.77. The molecule has 56 valence electrons. The van der Waals surface area contributed by atoms with Gasteiger partial charge < -0.3 is 9.67 Å². The average Bonchev–Trinajstić information content (AvgIpc) is 2.30. The van der Waals surface area contributed by atoms with E-state index in [0.29, 0.717) is 0 Å². The molecule has 1 aromatic rings. The summed E-state index contributed by atoms with van der Waals surface area (Å²) < 4.78 is 1.94. The number of aryl methyl sites for hydroxylation is 2. The monoisotopic (exact) mass is 140 g/mol. The van der Waals surface area contributed by atoms with Crippen molar-refractivity contribution in [3.05, 3.63) is 17.7 Å². The smallest absolute Gasteiger partial charge is 0.108 e. The topological polar surface area (TPSA) is 38.1 Å². The highest BCUT2D eigenvalue weighted by atomic mass is 16.3. The minimum atomic E-state index is 0.0356. The molecule has 0 aromatic carbocycles. The molecule has 3 heteroatoms. The van der Waals surface area contributed by atoms with Crippen molar-refractivity contribution in [2.45, 2.75) is 20.0 Å². The highest BCUT2D eigenvalue weighted by Crippen LogP contribution is 2.00. The van der Waals surface area contributed by atoms with Gasteiger partial charge >= 0.3 is 0 Å². The zero-order chi connectivity index (χ0) is 7.56. The Hall–Kier alpha value is -0.830. The number of nitrogens with zero attached hydrogens (tertiary/aromatic N) is 2. The number of aliphatic hydroxyl groups is 1. The van der Waals surface area contributed by atoms with E-state index in [4.69, 9.17) is 5.11 Å². The lowest BCUT2D eigenvalue weighted by atomic mass is 10.5. The van der Waals surface area contributed by atoms with Crippen LogP contribution >= 0.6 is 0 Å². The quantitative estimate of drug-likeness (QED) is 0.648. The second kappa shape index (κ2) is 2.84. The first-order valence-corrected chi connectivity index (χ1v) is 3.40. The maximum Gasteiger partial charge on any atom is 0.108 e. The summed E-state index contributed by atoms with van der Waals surface area (Å²) in [6.07, 6.45) is 2.76. The molecule has 0 unspecified atom stereocenters. The van der Waals surface area contributed by atoms with E-state index in [2.05, 4.69) is 4.98 Å². The summed E-state index contributed by atoms with van der Waals surface area (Å²) in [5.41, 5.74) is 0.749. The van der Waals surface area contributed by atoms with Crippen molar-refractivity contribution in [3.63, 3.8) is 0 Å². The third-order valence-electron chi connectivity index (χ3n) is 1.50. The van der Waals surface area contributed by atoms with Crippen LogP contribution in [0, 0.1) is 0 Å². The summed E-state index contributed by atoms with van der Waals surface area (Å²) in [5.74, 6) is 1.02. The van der Waals surface area contributed by atoms with Gasteiger partial charge in [0, 0.05) is 19.7 Å². The Labute approximate surface area is 60.3 Å². The molecule has 3 nitrogen and oxygen atoms in total. The summed E-state index contributed by atoms with van der Waals surface area (Å²) in [4.78, 5) is 4.16. The molecule has 0 aliphatic carbocycles. The van der Waals surface area contributed by atoms with Crippen molar-refractivity contribution in [1.29, 1.82) is 0 Å². The van der Waals surface area contributed by atoms with Crippen LogP contribution in [0.5, 0.6) is 0 Å². The molecule has 0 bridgehead atoms. The van der Waals surface area contributed by atoms with Crippen LogP contribution in [0.1, 0.15) is 18.4 Å². The highest BCUT2D eigenvalue weighted by molar-refractivity contribution is 5.01. The van der Waals surface area contributed by atoms with Gasteiger partial charge in [0.15, 0.2) is 0 Å². The molecule has 1 N–H and O–H groups in total. The fraction of sp³-hybridized carbons (Fsp3) is 0.571. The van der Waals surface area contributed by atoms with Crippen molar-refractivity contribution in [3.8, 4) is 0 Å². The number of rotatable bonds is 2. The maximum atomic E-state index is 8.70. The molecule has 0 aliphatic heterocycles. The third kappa shape index (κ3) is 1.19. The Kier molecular flexibility index (Phi) is 2.06. The van der Waals surface area contributed by atoms with Gasteiger partial charge in [-0.25, -0.2) is 4.98 Å². The number of aliphatic hydroxyl groups excluding tert-OH is 1. The fourth-order valence-corrected chi connectivity index (χ4v) is 0.976. The van der Waals surface area contributed by atoms with Gasteiger partial charge in [-0.15, -0.1) is 0 Å².